The van der Waals surface area contributed by atoms with E-state index in [9.17, 15) is 9.59 Å². The second kappa shape index (κ2) is 10.8. The van der Waals surface area contributed by atoms with E-state index >= 15 is 4.39 Å². The molecule has 168 valence electrons. The lowest BCUT2D eigenvalue weighted by molar-refractivity contribution is -0.154. The number of ketones is 1. The number of hydrogen-bond acceptors (Lipinski definition) is 5. The number of carbonyl (C=O) groups excluding carboxylic acids is 2. The molecule has 0 saturated heterocycles. The second-order valence-corrected chi connectivity index (χ2v) is 9.02. The number of pyridine rings is 1. The summed E-state index contributed by atoms with van der Waals surface area (Å²) < 4.78 is 20.8. The number of rotatable bonds is 10. The summed E-state index contributed by atoms with van der Waals surface area (Å²) in [5.74, 6) is -1.26. The van der Waals surface area contributed by atoms with E-state index in [4.69, 9.17) is 16.3 Å². The highest BCUT2D eigenvalue weighted by molar-refractivity contribution is 6.35. The summed E-state index contributed by atoms with van der Waals surface area (Å²) in [6, 6.07) is 5.87. The number of benzene rings is 1. The summed E-state index contributed by atoms with van der Waals surface area (Å²) in [4.78, 5) is 29.2. The second-order valence-electron chi connectivity index (χ2n) is 8.61. The largest absolute Gasteiger partial charge is 0.465 e. The number of carbonyl (C=O) groups is 2. The number of nitrogens with one attached hydrogen (secondary N) is 1. The fourth-order valence-corrected chi connectivity index (χ4v) is 3.28. The van der Waals surface area contributed by atoms with Crippen molar-refractivity contribution in [3.63, 3.8) is 0 Å². The van der Waals surface area contributed by atoms with Crippen molar-refractivity contribution in [2.45, 2.75) is 47.1 Å². The molecule has 0 radical (unpaired) electrons. The summed E-state index contributed by atoms with van der Waals surface area (Å²) in [5.41, 5.74) is -0.386. The van der Waals surface area contributed by atoms with Gasteiger partial charge in [0.15, 0.2) is 5.78 Å². The molecular formula is C24H30ClFN2O3. The Bertz CT molecular complexity index is 917. The van der Waals surface area contributed by atoms with Gasteiger partial charge in [-0.15, -0.1) is 0 Å². The normalized spacial score (nSPS) is 12.6. The number of hydrogen-bond donors (Lipinski definition) is 1. The van der Waals surface area contributed by atoms with Crippen molar-refractivity contribution < 1.29 is 18.7 Å². The monoisotopic (exact) mass is 448 g/mol. The lowest BCUT2D eigenvalue weighted by atomic mass is 9.91. The molecule has 2 aromatic rings. The Hall–Kier alpha value is -2.31. The summed E-state index contributed by atoms with van der Waals surface area (Å²) in [6.45, 7) is 10.1. The van der Waals surface area contributed by atoms with Crippen molar-refractivity contribution in [3.8, 4) is 0 Å². The molecule has 7 heteroatoms. The highest BCUT2D eigenvalue weighted by atomic mass is 35.5. The standard InChI is InChI=1S/C24H30ClFN2O3/c1-6-19(28-14-24(4,5)23(30)31-13-15(2)3)17-9-10-18(25)20(21(17)26)22(29)16-8-7-11-27-12-16/h7-12,15,19,28H,6,13-14H2,1-5H3/t19-/m1/s1. The molecule has 1 N–H and O–H groups in total. The molecule has 1 aromatic heterocycles. The maximum Gasteiger partial charge on any atom is 0.312 e. The molecule has 1 atom stereocenters. The van der Waals surface area contributed by atoms with Crippen LogP contribution in [0.1, 0.15) is 68.6 Å². The van der Waals surface area contributed by atoms with Crippen LogP contribution in [-0.4, -0.2) is 29.9 Å². The summed E-state index contributed by atoms with van der Waals surface area (Å²) in [6.07, 6.45) is 3.47. The quantitative estimate of drug-likeness (QED) is 0.391. The molecule has 0 spiro atoms. The lowest BCUT2D eigenvalue weighted by Gasteiger charge is -2.27. The zero-order valence-corrected chi connectivity index (χ0v) is 19.4. The fourth-order valence-electron chi connectivity index (χ4n) is 3.05. The first-order chi connectivity index (χ1) is 14.6. The van der Waals surface area contributed by atoms with Gasteiger partial charge < -0.3 is 10.1 Å². The zero-order valence-electron chi connectivity index (χ0n) is 18.7. The van der Waals surface area contributed by atoms with Crippen molar-refractivity contribution >= 4 is 23.4 Å². The molecule has 1 heterocycles. The van der Waals surface area contributed by atoms with Gasteiger partial charge in [-0.3, -0.25) is 14.6 Å². The van der Waals surface area contributed by atoms with Crippen molar-refractivity contribution in [2.24, 2.45) is 11.3 Å². The van der Waals surface area contributed by atoms with E-state index in [1.54, 1.807) is 32.0 Å². The van der Waals surface area contributed by atoms with Crippen LogP contribution in [0, 0.1) is 17.2 Å². The summed E-state index contributed by atoms with van der Waals surface area (Å²) >= 11 is 6.18. The maximum absolute atomic E-state index is 15.4. The van der Waals surface area contributed by atoms with Crippen LogP contribution in [0.3, 0.4) is 0 Å². The van der Waals surface area contributed by atoms with Crippen LogP contribution in [0.4, 0.5) is 4.39 Å². The van der Waals surface area contributed by atoms with Gasteiger partial charge in [0.2, 0.25) is 0 Å². The van der Waals surface area contributed by atoms with Crippen LogP contribution >= 0.6 is 11.6 Å². The molecule has 0 unspecified atom stereocenters. The van der Waals surface area contributed by atoms with E-state index < -0.39 is 23.1 Å². The smallest absolute Gasteiger partial charge is 0.312 e. The Labute approximate surface area is 188 Å². The van der Waals surface area contributed by atoms with E-state index in [0.717, 1.165) is 0 Å². The third kappa shape index (κ3) is 6.34. The van der Waals surface area contributed by atoms with Gasteiger partial charge in [0, 0.05) is 36.1 Å². The first-order valence-electron chi connectivity index (χ1n) is 10.4. The Morgan fingerprint density at radius 2 is 1.97 bits per heavy atom. The lowest BCUT2D eigenvalue weighted by Crippen LogP contribution is -2.39. The number of ether oxygens (including phenoxy) is 1. The minimum absolute atomic E-state index is 0.0440. The molecule has 2 rings (SSSR count). The van der Waals surface area contributed by atoms with E-state index in [-0.39, 0.29) is 34.6 Å². The van der Waals surface area contributed by atoms with Crippen molar-refractivity contribution in [2.75, 3.05) is 13.2 Å². The Morgan fingerprint density at radius 3 is 2.55 bits per heavy atom. The molecule has 0 fully saturated rings. The Kier molecular flexibility index (Phi) is 8.71. The fraction of sp³-hybridized carbons (Fsp3) is 0.458. The number of halogens is 2. The zero-order chi connectivity index (χ0) is 23.2. The molecule has 5 nitrogen and oxygen atoms in total. The van der Waals surface area contributed by atoms with E-state index in [2.05, 4.69) is 10.3 Å². The van der Waals surface area contributed by atoms with Crippen LogP contribution < -0.4 is 5.32 Å². The Morgan fingerprint density at radius 1 is 1.26 bits per heavy atom. The highest BCUT2D eigenvalue weighted by Crippen LogP contribution is 2.30. The SMILES string of the molecule is CC[C@@H](NCC(C)(C)C(=O)OCC(C)C)c1ccc(Cl)c(C(=O)c2cccnc2)c1F. The average molecular weight is 449 g/mol. The van der Waals surface area contributed by atoms with Crippen molar-refractivity contribution in [1.29, 1.82) is 0 Å². The van der Waals surface area contributed by atoms with Gasteiger partial charge in [-0.25, -0.2) is 4.39 Å². The first-order valence-corrected chi connectivity index (χ1v) is 10.8. The van der Waals surface area contributed by atoms with Crippen LogP contribution in [-0.2, 0) is 9.53 Å². The van der Waals surface area contributed by atoms with Gasteiger partial charge in [-0.1, -0.05) is 38.4 Å². The predicted molar refractivity (Wildman–Crippen MR) is 120 cm³/mol. The van der Waals surface area contributed by atoms with Gasteiger partial charge in [0.1, 0.15) is 5.82 Å². The maximum atomic E-state index is 15.4. The molecule has 31 heavy (non-hydrogen) atoms. The molecule has 0 aliphatic carbocycles. The topological polar surface area (TPSA) is 68.3 Å². The number of nitrogens with zero attached hydrogens (tertiary/aromatic N) is 1. The third-order valence-electron chi connectivity index (χ3n) is 4.95. The van der Waals surface area contributed by atoms with Gasteiger partial charge in [-0.2, -0.15) is 0 Å². The van der Waals surface area contributed by atoms with E-state index in [1.807, 2.05) is 20.8 Å². The van der Waals surface area contributed by atoms with E-state index in [0.29, 0.717) is 18.6 Å². The summed E-state index contributed by atoms with van der Waals surface area (Å²) in [7, 11) is 0. The third-order valence-corrected chi connectivity index (χ3v) is 5.26. The molecule has 0 bridgehead atoms. The van der Waals surface area contributed by atoms with E-state index in [1.165, 1.54) is 18.5 Å². The van der Waals surface area contributed by atoms with Gasteiger partial charge in [0.25, 0.3) is 0 Å². The first kappa shape index (κ1) is 25.0. The minimum Gasteiger partial charge on any atom is -0.465 e. The van der Waals surface area contributed by atoms with Crippen LogP contribution in [0.2, 0.25) is 5.02 Å². The number of aromatic nitrogens is 1. The highest BCUT2D eigenvalue weighted by Gasteiger charge is 2.31. The molecule has 0 saturated carbocycles. The Balaban J connectivity index is 2.24. The number of esters is 1. The van der Waals surface area contributed by atoms with Crippen LogP contribution in [0.25, 0.3) is 0 Å². The molecule has 0 aliphatic heterocycles. The predicted octanol–water partition coefficient (Wildman–Crippen LogP) is 5.37. The van der Waals surface area contributed by atoms with Crippen LogP contribution in [0.5, 0.6) is 0 Å². The van der Waals surface area contributed by atoms with Crippen molar-refractivity contribution in [3.05, 3.63) is 64.2 Å². The van der Waals surface area contributed by atoms with Gasteiger partial charge >= 0.3 is 5.97 Å². The van der Waals surface area contributed by atoms with Gasteiger partial charge in [0.05, 0.1) is 22.6 Å². The average Bonchev–Trinajstić information content (AvgIpc) is 2.74. The molecular weight excluding hydrogens is 419 g/mol. The van der Waals surface area contributed by atoms with Crippen LogP contribution in [0.15, 0.2) is 36.7 Å². The molecule has 0 amide bonds. The van der Waals surface area contributed by atoms with Crippen molar-refractivity contribution in [1.82, 2.24) is 10.3 Å². The minimum atomic E-state index is -0.792. The molecule has 0 aliphatic rings. The van der Waals surface area contributed by atoms with Gasteiger partial charge in [-0.05, 0) is 44.4 Å². The molecule has 1 aromatic carbocycles. The summed E-state index contributed by atoms with van der Waals surface area (Å²) in [5, 5.41) is 3.30.